The Bertz CT molecular complexity index is 734. The summed E-state index contributed by atoms with van der Waals surface area (Å²) in [6.45, 7) is 1.19. The Labute approximate surface area is 129 Å². The number of carbonyl (C=O) groups excluding carboxylic acids is 1. The fraction of sp³-hybridized carbons (Fsp3) is 0.357. The summed E-state index contributed by atoms with van der Waals surface area (Å²) in [5.74, 6) is -0.856. The Balaban J connectivity index is 2.10. The second kappa shape index (κ2) is 5.56. The van der Waals surface area contributed by atoms with Crippen LogP contribution in [0.4, 0.5) is 18.9 Å². The number of anilines is 1. The number of carbonyl (C=O) groups is 1. The van der Waals surface area contributed by atoms with E-state index in [1.54, 1.807) is 4.90 Å². The number of hydrogen-bond acceptors (Lipinski definition) is 4. The highest BCUT2D eigenvalue weighted by Crippen LogP contribution is 2.40. The third-order valence-corrected chi connectivity index (χ3v) is 3.80. The van der Waals surface area contributed by atoms with E-state index in [0.29, 0.717) is 13.1 Å². The van der Waals surface area contributed by atoms with Crippen LogP contribution in [0.15, 0.2) is 18.2 Å². The molecule has 3 rings (SSSR count). The second-order valence-corrected chi connectivity index (χ2v) is 5.31. The summed E-state index contributed by atoms with van der Waals surface area (Å²) in [5.41, 5.74) is 4.51. The summed E-state index contributed by atoms with van der Waals surface area (Å²) in [6, 6.07) is 3.88. The number of nitrogens with one attached hydrogen (secondary N) is 1. The van der Waals surface area contributed by atoms with Crippen molar-refractivity contribution < 1.29 is 18.0 Å². The van der Waals surface area contributed by atoms with Crippen molar-refractivity contribution >= 4 is 11.6 Å². The van der Waals surface area contributed by atoms with E-state index in [4.69, 9.17) is 5.73 Å². The zero-order chi connectivity index (χ0) is 16.6. The molecule has 1 aliphatic rings. The van der Waals surface area contributed by atoms with Crippen LogP contribution in [0.2, 0.25) is 0 Å². The molecule has 1 amide bonds. The topological polar surface area (TPSA) is 87.9 Å². The number of aromatic amines is 1. The minimum Gasteiger partial charge on any atom is -0.371 e. The predicted octanol–water partition coefficient (Wildman–Crippen LogP) is 2.19. The highest BCUT2D eigenvalue weighted by molar-refractivity contribution is 5.96. The lowest BCUT2D eigenvalue weighted by Crippen LogP contribution is -2.22. The molecule has 6 nitrogen and oxygen atoms in total. The number of amides is 1. The van der Waals surface area contributed by atoms with Gasteiger partial charge in [-0.05, 0) is 25.0 Å². The summed E-state index contributed by atoms with van der Waals surface area (Å²) in [6.07, 6.45) is -2.77. The van der Waals surface area contributed by atoms with Crippen molar-refractivity contribution in [3.05, 3.63) is 29.5 Å². The lowest BCUT2D eigenvalue weighted by Gasteiger charge is -2.23. The molecule has 3 N–H and O–H groups in total. The van der Waals surface area contributed by atoms with Gasteiger partial charge in [0.2, 0.25) is 0 Å². The van der Waals surface area contributed by atoms with Crippen LogP contribution in [0.1, 0.15) is 28.9 Å². The van der Waals surface area contributed by atoms with Gasteiger partial charge in [0.05, 0.1) is 5.56 Å². The van der Waals surface area contributed by atoms with E-state index in [0.717, 1.165) is 18.9 Å². The van der Waals surface area contributed by atoms with E-state index < -0.39 is 17.6 Å². The Morgan fingerprint density at radius 1 is 1.22 bits per heavy atom. The number of nitrogens with zero attached hydrogens (tertiary/aromatic N) is 3. The molecule has 0 unspecified atom stereocenters. The highest BCUT2D eigenvalue weighted by Gasteiger charge is 2.36. The lowest BCUT2D eigenvalue weighted by molar-refractivity contribution is -0.137. The smallest absolute Gasteiger partial charge is 0.371 e. The lowest BCUT2D eigenvalue weighted by atomic mass is 10.0. The average molecular weight is 325 g/mol. The molecular formula is C14H14F3N5O. The number of nitrogens with two attached hydrogens (primary N) is 1. The molecule has 0 spiro atoms. The van der Waals surface area contributed by atoms with Crippen LogP contribution < -0.4 is 10.6 Å². The molecule has 0 bridgehead atoms. The van der Waals surface area contributed by atoms with Gasteiger partial charge in [-0.1, -0.05) is 6.07 Å². The molecular weight excluding hydrogens is 311 g/mol. The van der Waals surface area contributed by atoms with Crippen molar-refractivity contribution in [2.75, 3.05) is 18.0 Å². The van der Waals surface area contributed by atoms with Crippen molar-refractivity contribution in [3.63, 3.8) is 0 Å². The van der Waals surface area contributed by atoms with Crippen molar-refractivity contribution in [1.82, 2.24) is 15.4 Å². The maximum Gasteiger partial charge on any atom is 0.418 e. The molecule has 2 aromatic rings. The van der Waals surface area contributed by atoms with E-state index in [2.05, 4.69) is 15.4 Å². The van der Waals surface area contributed by atoms with Gasteiger partial charge in [0.15, 0.2) is 5.69 Å². The molecule has 0 aliphatic carbocycles. The van der Waals surface area contributed by atoms with Crippen LogP contribution in [0.3, 0.4) is 0 Å². The maximum absolute atomic E-state index is 13.4. The predicted molar refractivity (Wildman–Crippen MR) is 76.8 cm³/mol. The fourth-order valence-electron chi connectivity index (χ4n) is 2.75. The number of halogens is 3. The first-order valence-corrected chi connectivity index (χ1v) is 7.05. The molecule has 122 valence electrons. The van der Waals surface area contributed by atoms with Gasteiger partial charge in [-0.3, -0.25) is 4.79 Å². The van der Waals surface area contributed by atoms with Crippen LogP contribution in [0.5, 0.6) is 0 Å². The fourth-order valence-corrected chi connectivity index (χ4v) is 2.75. The van der Waals surface area contributed by atoms with Gasteiger partial charge in [-0.2, -0.15) is 28.6 Å². The van der Waals surface area contributed by atoms with Gasteiger partial charge in [0.25, 0.3) is 5.91 Å². The Morgan fingerprint density at radius 2 is 1.91 bits per heavy atom. The summed E-state index contributed by atoms with van der Waals surface area (Å²) in [5, 5.41) is 9.54. The Kier molecular flexibility index (Phi) is 3.70. The Morgan fingerprint density at radius 3 is 2.52 bits per heavy atom. The Hall–Kier alpha value is -2.58. The van der Waals surface area contributed by atoms with Gasteiger partial charge < -0.3 is 10.6 Å². The molecule has 1 fully saturated rings. The second-order valence-electron chi connectivity index (χ2n) is 5.31. The van der Waals surface area contributed by atoms with Crippen molar-refractivity contribution in [2.24, 2.45) is 5.73 Å². The first-order chi connectivity index (χ1) is 10.9. The first-order valence-electron chi connectivity index (χ1n) is 7.05. The van der Waals surface area contributed by atoms with E-state index >= 15 is 0 Å². The van der Waals surface area contributed by atoms with Gasteiger partial charge in [0, 0.05) is 24.3 Å². The summed E-state index contributed by atoms with van der Waals surface area (Å²) in [4.78, 5) is 13.0. The molecule has 1 aromatic carbocycles. The quantitative estimate of drug-likeness (QED) is 0.905. The highest BCUT2D eigenvalue weighted by atomic mass is 19.4. The normalized spacial score (nSPS) is 15.2. The molecule has 23 heavy (non-hydrogen) atoms. The van der Waals surface area contributed by atoms with Crippen molar-refractivity contribution in [2.45, 2.75) is 19.0 Å². The monoisotopic (exact) mass is 325 g/mol. The summed E-state index contributed by atoms with van der Waals surface area (Å²) >= 11 is 0. The van der Waals surface area contributed by atoms with E-state index in [9.17, 15) is 18.0 Å². The molecule has 2 heterocycles. The molecule has 0 saturated carbocycles. The molecule has 1 aromatic heterocycles. The number of rotatable bonds is 3. The van der Waals surface area contributed by atoms with Gasteiger partial charge in [0.1, 0.15) is 5.69 Å². The van der Waals surface area contributed by atoms with Crippen molar-refractivity contribution in [1.29, 1.82) is 0 Å². The SMILES string of the molecule is NC(=O)c1n[nH]nc1-c1ccc(N2CCCC2)c(C(F)(F)F)c1. The van der Waals surface area contributed by atoms with E-state index in [1.807, 2.05) is 0 Å². The molecule has 1 saturated heterocycles. The zero-order valence-corrected chi connectivity index (χ0v) is 12.0. The van der Waals surface area contributed by atoms with Gasteiger partial charge in [-0.25, -0.2) is 0 Å². The van der Waals surface area contributed by atoms with Crippen LogP contribution in [-0.4, -0.2) is 34.4 Å². The number of alkyl halides is 3. The average Bonchev–Trinajstić information content (AvgIpc) is 3.17. The number of benzene rings is 1. The van der Waals surface area contributed by atoms with E-state index in [1.165, 1.54) is 12.1 Å². The standard InChI is InChI=1S/C14H14F3N5O/c15-14(16,17)9-7-8(11-12(13(18)23)20-21-19-11)3-4-10(9)22-5-1-2-6-22/h3-4,7H,1-2,5-6H2,(H2,18,23)(H,19,20,21). The zero-order valence-electron chi connectivity index (χ0n) is 12.0. The van der Waals surface area contributed by atoms with Gasteiger partial charge in [-0.15, -0.1) is 0 Å². The third-order valence-electron chi connectivity index (χ3n) is 3.80. The van der Waals surface area contributed by atoms with E-state index in [-0.39, 0.29) is 22.6 Å². The third kappa shape index (κ3) is 2.86. The van der Waals surface area contributed by atoms with Crippen LogP contribution in [-0.2, 0) is 6.18 Å². The van der Waals surface area contributed by atoms with Crippen LogP contribution in [0, 0.1) is 0 Å². The van der Waals surface area contributed by atoms with Crippen molar-refractivity contribution in [3.8, 4) is 11.3 Å². The number of H-pyrrole nitrogens is 1. The van der Waals surface area contributed by atoms with Gasteiger partial charge >= 0.3 is 6.18 Å². The molecule has 9 heteroatoms. The summed E-state index contributed by atoms with van der Waals surface area (Å²) < 4.78 is 40.3. The first kappa shape index (κ1) is 15.3. The minimum absolute atomic E-state index is 0.0102. The van der Waals surface area contributed by atoms with Crippen LogP contribution >= 0.6 is 0 Å². The minimum atomic E-state index is -4.51. The molecule has 0 atom stereocenters. The largest absolute Gasteiger partial charge is 0.418 e. The number of primary amides is 1. The maximum atomic E-state index is 13.4. The molecule has 0 radical (unpaired) electrons. The van der Waals surface area contributed by atoms with Crippen LogP contribution in [0.25, 0.3) is 11.3 Å². The number of hydrogen-bond donors (Lipinski definition) is 2. The number of aromatic nitrogens is 3. The molecule has 1 aliphatic heterocycles. The summed E-state index contributed by atoms with van der Waals surface area (Å²) in [7, 11) is 0.